The number of hydrogen-bond donors (Lipinski definition) is 1. The molecule has 0 unspecified atom stereocenters. The van der Waals surface area contributed by atoms with E-state index in [1.54, 1.807) is 77.9 Å². The van der Waals surface area contributed by atoms with E-state index in [1.807, 2.05) is 29.7 Å². The van der Waals surface area contributed by atoms with Crippen LogP contribution in [0.3, 0.4) is 0 Å². The van der Waals surface area contributed by atoms with Crippen LogP contribution in [0, 0.1) is 0 Å². The lowest BCUT2D eigenvalue weighted by atomic mass is 10.1. The molecule has 1 aromatic heterocycles. The Morgan fingerprint density at radius 1 is 0.846 bits per heavy atom. The van der Waals surface area contributed by atoms with Crippen LogP contribution >= 0.6 is 11.8 Å². The summed E-state index contributed by atoms with van der Waals surface area (Å²) in [7, 11) is 9.41. The summed E-state index contributed by atoms with van der Waals surface area (Å²) in [6.45, 7) is 0. The van der Waals surface area contributed by atoms with Crippen molar-refractivity contribution in [3.05, 3.63) is 77.0 Å². The number of carbonyl (C=O) groups excluding carboxylic acids is 1. The van der Waals surface area contributed by atoms with Crippen LogP contribution in [-0.2, 0) is 5.75 Å². The minimum Gasteiger partial charge on any atom is -0.496 e. The highest BCUT2D eigenvalue weighted by molar-refractivity contribution is 8.01. The van der Waals surface area contributed by atoms with Crippen LogP contribution < -0.4 is 33.7 Å². The number of carbonyl (C=O) groups is 1. The van der Waals surface area contributed by atoms with E-state index in [9.17, 15) is 4.79 Å². The molecule has 3 aromatic rings. The maximum Gasteiger partial charge on any atom is 0.237 e. The van der Waals surface area contributed by atoms with Crippen molar-refractivity contribution >= 4 is 29.3 Å². The van der Waals surface area contributed by atoms with E-state index in [0.29, 0.717) is 51.6 Å². The molecule has 0 atom stereocenters. The van der Waals surface area contributed by atoms with Gasteiger partial charge in [0.1, 0.15) is 22.9 Å². The Bertz CT molecular complexity index is 1320. The highest BCUT2D eigenvalue weighted by Gasteiger charge is 2.12. The number of nitrogens with one attached hydrogen (secondary N) is 1. The second-order valence-corrected chi connectivity index (χ2v) is 8.77. The molecular weight excluding hydrogens is 520 g/mol. The van der Waals surface area contributed by atoms with Crippen molar-refractivity contribution in [3.63, 3.8) is 0 Å². The Kier molecular flexibility index (Phi) is 10.9. The highest BCUT2D eigenvalue weighted by atomic mass is 32.2. The van der Waals surface area contributed by atoms with Crippen molar-refractivity contribution in [2.45, 2.75) is 5.75 Å². The summed E-state index contributed by atoms with van der Waals surface area (Å²) < 4.78 is 32.2. The number of ether oxygens (including phenoxy) is 6. The van der Waals surface area contributed by atoms with Gasteiger partial charge in [0.2, 0.25) is 5.88 Å². The number of nitrogens with zero attached hydrogens (tertiary/aromatic N) is 1. The number of aromatic nitrogens is 1. The first-order chi connectivity index (χ1) is 19.0. The van der Waals surface area contributed by atoms with Gasteiger partial charge in [-0.3, -0.25) is 4.79 Å². The summed E-state index contributed by atoms with van der Waals surface area (Å²) in [5.74, 6) is 3.85. The monoisotopic (exact) mass is 552 g/mol. The summed E-state index contributed by atoms with van der Waals surface area (Å²) in [5, 5.41) is 5.06. The predicted octanol–water partition coefficient (Wildman–Crippen LogP) is 5.85. The molecule has 2 aromatic carbocycles. The quantitative estimate of drug-likeness (QED) is 0.194. The van der Waals surface area contributed by atoms with Gasteiger partial charge in [-0.2, -0.15) is 0 Å². The number of thioether (sulfide) groups is 1. The van der Waals surface area contributed by atoms with Crippen LogP contribution in [0.1, 0.15) is 21.5 Å². The topological polar surface area (TPSA) is 97.4 Å². The first-order valence-electron chi connectivity index (χ1n) is 11.8. The van der Waals surface area contributed by atoms with E-state index >= 15 is 0 Å². The average Bonchev–Trinajstić information content (AvgIpc) is 2.98. The number of rotatable bonds is 14. The summed E-state index contributed by atoms with van der Waals surface area (Å²) in [4.78, 5) is 17.0. The van der Waals surface area contributed by atoms with Crippen molar-refractivity contribution < 1.29 is 33.2 Å². The molecule has 0 bridgehead atoms. The van der Waals surface area contributed by atoms with Crippen molar-refractivity contribution in [2.75, 3.05) is 48.0 Å². The zero-order chi connectivity index (χ0) is 28.2. The lowest BCUT2D eigenvalue weighted by Gasteiger charge is -2.12. The zero-order valence-corrected chi connectivity index (χ0v) is 23.6. The van der Waals surface area contributed by atoms with Crippen LogP contribution in [0.25, 0.3) is 6.08 Å². The molecule has 0 spiro atoms. The molecule has 206 valence electrons. The Morgan fingerprint density at radius 2 is 1.54 bits per heavy atom. The van der Waals surface area contributed by atoms with Crippen molar-refractivity contribution in [3.8, 4) is 34.6 Å². The Hall–Kier alpha value is -4.31. The third-order valence-corrected chi connectivity index (χ3v) is 6.41. The SMILES string of the molecule is COc1cc(OC)c(/C=C/SCc2cnc(OC)c(N/C=C\C(=O)c3ccc(OC)c(OC)c3)c2)c(OC)c1. The van der Waals surface area contributed by atoms with Crippen molar-refractivity contribution in [2.24, 2.45) is 0 Å². The number of ketones is 1. The smallest absolute Gasteiger partial charge is 0.237 e. The highest BCUT2D eigenvalue weighted by Crippen LogP contribution is 2.36. The van der Waals surface area contributed by atoms with Crippen LogP contribution in [0.2, 0.25) is 0 Å². The Morgan fingerprint density at radius 3 is 2.15 bits per heavy atom. The van der Waals surface area contributed by atoms with Crippen molar-refractivity contribution in [1.82, 2.24) is 4.98 Å². The van der Waals surface area contributed by atoms with Gasteiger partial charge in [-0.05, 0) is 41.3 Å². The normalized spacial score (nSPS) is 10.9. The maximum absolute atomic E-state index is 12.6. The molecule has 0 saturated carbocycles. The van der Waals surface area contributed by atoms with Crippen LogP contribution in [0.4, 0.5) is 5.69 Å². The Balaban J connectivity index is 1.68. The van der Waals surface area contributed by atoms with Gasteiger partial charge in [0.05, 0.1) is 48.2 Å². The molecule has 3 rings (SSSR count). The summed E-state index contributed by atoms with van der Waals surface area (Å²) in [6.07, 6.45) is 6.66. The van der Waals surface area contributed by atoms with E-state index in [4.69, 9.17) is 28.4 Å². The molecule has 0 radical (unpaired) electrons. The molecule has 0 saturated heterocycles. The van der Waals surface area contributed by atoms with Gasteiger partial charge in [0, 0.05) is 41.9 Å². The molecule has 0 fully saturated rings. The van der Waals surface area contributed by atoms with Gasteiger partial charge >= 0.3 is 0 Å². The van der Waals surface area contributed by atoms with Gasteiger partial charge in [-0.25, -0.2) is 4.98 Å². The van der Waals surface area contributed by atoms with E-state index < -0.39 is 0 Å². The maximum atomic E-state index is 12.6. The second-order valence-electron chi connectivity index (χ2n) is 7.87. The molecule has 0 amide bonds. The molecule has 0 aliphatic carbocycles. The van der Waals surface area contributed by atoms with Crippen LogP contribution in [0.5, 0.6) is 34.6 Å². The fourth-order valence-electron chi connectivity index (χ4n) is 3.59. The predicted molar refractivity (Wildman–Crippen MR) is 154 cm³/mol. The molecule has 1 heterocycles. The average molecular weight is 553 g/mol. The largest absolute Gasteiger partial charge is 0.496 e. The standard InChI is InChI=1S/C29H32N2O7S/c1-33-21-15-26(35-3)22(27(16-21)36-4)10-12-39-18-19-13-23(29(38-6)31-17-19)30-11-9-24(32)20-7-8-25(34-2)28(14-20)37-5/h7-17,30H,18H2,1-6H3/b11-9-,12-10+. The van der Waals surface area contributed by atoms with Crippen LogP contribution in [-0.4, -0.2) is 53.4 Å². The molecule has 9 nitrogen and oxygen atoms in total. The fourth-order valence-corrected chi connectivity index (χ4v) is 4.27. The number of methoxy groups -OCH3 is 6. The van der Waals surface area contributed by atoms with Gasteiger partial charge in [0.25, 0.3) is 0 Å². The minimum absolute atomic E-state index is 0.198. The molecule has 39 heavy (non-hydrogen) atoms. The third-order valence-electron chi connectivity index (χ3n) is 5.58. The lowest BCUT2D eigenvalue weighted by molar-refractivity contribution is 0.104. The van der Waals surface area contributed by atoms with Gasteiger partial charge in [-0.1, -0.05) is 0 Å². The second kappa shape index (κ2) is 14.6. The van der Waals surface area contributed by atoms with Crippen molar-refractivity contribution in [1.29, 1.82) is 0 Å². The minimum atomic E-state index is -0.198. The summed E-state index contributed by atoms with van der Waals surface area (Å²) >= 11 is 1.58. The first kappa shape index (κ1) is 29.2. The molecular formula is C29H32N2O7S. The molecule has 0 aliphatic rings. The van der Waals surface area contributed by atoms with E-state index in [-0.39, 0.29) is 5.78 Å². The summed E-state index contributed by atoms with van der Waals surface area (Å²) in [5.41, 5.74) is 2.88. The number of benzene rings is 2. The zero-order valence-electron chi connectivity index (χ0n) is 22.8. The van der Waals surface area contributed by atoms with E-state index in [1.165, 1.54) is 13.2 Å². The third kappa shape index (κ3) is 7.61. The lowest BCUT2D eigenvalue weighted by Crippen LogP contribution is -2.00. The first-order valence-corrected chi connectivity index (χ1v) is 12.8. The Labute approximate surface area is 232 Å². The van der Waals surface area contributed by atoms with Crippen LogP contribution in [0.15, 0.2) is 60.3 Å². The van der Waals surface area contributed by atoms with E-state index in [0.717, 1.165) is 11.1 Å². The number of anilines is 1. The molecule has 10 heteroatoms. The number of allylic oxidation sites excluding steroid dienone is 1. The molecule has 0 aliphatic heterocycles. The van der Waals surface area contributed by atoms with Gasteiger partial charge < -0.3 is 33.7 Å². The summed E-state index contributed by atoms with van der Waals surface area (Å²) in [6, 6.07) is 10.5. The number of pyridine rings is 1. The molecule has 1 N–H and O–H groups in total. The number of hydrogen-bond acceptors (Lipinski definition) is 10. The van der Waals surface area contributed by atoms with Gasteiger partial charge in [0.15, 0.2) is 17.3 Å². The fraction of sp³-hybridized carbons (Fsp3) is 0.241. The van der Waals surface area contributed by atoms with E-state index in [2.05, 4.69) is 10.3 Å². The van der Waals surface area contributed by atoms with Gasteiger partial charge in [-0.15, -0.1) is 11.8 Å².